The quantitative estimate of drug-likeness (QED) is 0.701. The second kappa shape index (κ2) is 5.97. The van der Waals surface area contributed by atoms with Gasteiger partial charge in [0.1, 0.15) is 5.78 Å². The average Bonchev–Trinajstić information content (AvgIpc) is 2.65. The lowest BCUT2D eigenvalue weighted by molar-refractivity contribution is -0.118. The van der Waals surface area contributed by atoms with Crippen LogP contribution in [0.15, 0.2) is 12.1 Å². The number of carbonyl (C=O) groups excluding carboxylic acids is 1. The van der Waals surface area contributed by atoms with Gasteiger partial charge in [0.15, 0.2) is 0 Å². The topological polar surface area (TPSA) is 17.1 Å². The van der Waals surface area contributed by atoms with Gasteiger partial charge in [0.2, 0.25) is 0 Å². The van der Waals surface area contributed by atoms with E-state index in [0.29, 0.717) is 12.2 Å². The Bertz CT molecular complexity index is 288. The van der Waals surface area contributed by atoms with Gasteiger partial charge in [0.05, 0.1) is 0 Å². The number of hydrogen-bond donors (Lipinski definition) is 0. The molecule has 1 aromatic rings. The summed E-state index contributed by atoms with van der Waals surface area (Å²) < 4.78 is 0. The van der Waals surface area contributed by atoms with Crippen LogP contribution >= 0.6 is 11.3 Å². The molecule has 14 heavy (non-hydrogen) atoms. The third kappa shape index (κ3) is 3.62. The van der Waals surface area contributed by atoms with Gasteiger partial charge < -0.3 is 0 Å². The maximum atomic E-state index is 11.1. The summed E-state index contributed by atoms with van der Waals surface area (Å²) in [5.41, 5.74) is 0. The van der Waals surface area contributed by atoms with Crippen LogP contribution in [0.4, 0.5) is 0 Å². The highest BCUT2D eigenvalue weighted by atomic mass is 32.1. The van der Waals surface area contributed by atoms with Crippen LogP contribution in [-0.4, -0.2) is 5.78 Å². The van der Waals surface area contributed by atoms with E-state index in [9.17, 15) is 4.79 Å². The van der Waals surface area contributed by atoms with E-state index < -0.39 is 0 Å². The van der Waals surface area contributed by atoms with Crippen molar-refractivity contribution in [1.29, 1.82) is 0 Å². The summed E-state index contributed by atoms with van der Waals surface area (Å²) in [4.78, 5) is 13.9. The number of aryl methyl sites for hydroxylation is 2. The molecule has 0 atom stereocenters. The molecule has 0 aliphatic rings. The SMILES string of the molecule is CCC(=O)CCCc1ccc(CC)s1. The first kappa shape index (κ1) is 11.4. The summed E-state index contributed by atoms with van der Waals surface area (Å²) in [5.74, 6) is 0.386. The molecule has 0 N–H and O–H groups in total. The molecule has 0 unspecified atom stereocenters. The lowest BCUT2D eigenvalue weighted by Crippen LogP contribution is -1.95. The fourth-order valence-corrected chi connectivity index (χ4v) is 2.38. The van der Waals surface area contributed by atoms with Crippen molar-refractivity contribution in [3.63, 3.8) is 0 Å². The lowest BCUT2D eigenvalue weighted by atomic mass is 10.1. The Labute approximate surface area is 90.2 Å². The van der Waals surface area contributed by atoms with Gasteiger partial charge in [-0.1, -0.05) is 13.8 Å². The van der Waals surface area contributed by atoms with Crippen LogP contribution in [0.2, 0.25) is 0 Å². The Hall–Kier alpha value is -0.630. The van der Waals surface area contributed by atoms with Gasteiger partial charge >= 0.3 is 0 Å². The predicted octanol–water partition coefficient (Wildman–Crippen LogP) is 3.61. The zero-order valence-electron chi connectivity index (χ0n) is 9.01. The molecule has 1 aromatic heterocycles. The average molecular weight is 210 g/mol. The first-order valence-corrected chi connectivity index (χ1v) is 6.17. The summed E-state index contributed by atoms with van der Waals surface area (Å²) in [7, 11) is 0. The van der Waals surface area contributed by atoms with Gasteiger partial charge in [-0.15, -0.1) is 11.3 Å². The first-order chi connectivity index (χ1) is 6.76. The number of carbonyl (C=O) groups is 1. The zero-order valence-corrected chi connectivity index (χ0v) is 9.82. The number of rotatable bonds is 6. The summed E-state index contributed by atoms with van der Waals surface area (Å²) in [6, 6.07) is 4.39. The van der Waals surface area contributed by atoms with Crippen LogP contribution in [-0.2, 0) is 17.6 Å². The second-order valence-electron chi connectivity index (χ2n) is 3.47. The maximum absolute atomic E-state index is 11.1. The van der Waals surface area contributed by atoms with Crippen molar-refractivity contribution in [3.05, 3.63) is 21.9 Å². The first-order valence-electron chi connectivity index (χ1n) is 5.35. The Morgan fingerprint density at radius 2 is 2.00 bits per heavy atom. The van der Waals surface area contributed by atoms with E-state index in [-0.39, 0.29) is 0 Å². The van der Waals surface area contributed by atoms with Crippen molar-refractivity contribution in [1.82, 2.24) is 0 Å². The van der Waals surface area contributed by atoms with Crippen molar-refractivity contribution >= 4 is 17.1 Å². The monoisotopic (exact) mass is 210 g/mol. The Morgan fingerprint density at radius 1 is 1.29 bits per heavy atom. The molecule has 0 aliphatic carbocycles. The molecular weight excluding hydrogens is 192 g/mol. The lowest BCUT2D eigenvalue weighted by Gasteiger charge is -1.96. The highest BCUT2D eigenvalue weighted by molar-refractivity contribution is 7.11. The standard InChI is InChI=1S/C12H18OS/c1-3-10(13)6-5-7-12-9-8-11(4-2)14-12/h8-9H,3-7H2,1-2H3. The molecular formula is C12H18OS. The number of hydrogen-bond acceptors (Lipinski definition) is 2. The van der Waals surface area contributed by atoms with E-state index in [1.165, 1.54) is 9.75 Å². The highest BCUT2D eigenvalue weighted by Gasteiger charge is 2.01. The smallest absolute Gasteiger partial charge is 0.132 e. The van der Waals surface area contributed by atoms with Crippen LogP contribution < -0.4 is 0 Å². The molecule has 2 heteroatoms. The minimum atomic E-state index is 0.386. The normalized spacial score (nSPS) is 10.4. The van der Waals surface area contributed by atoms with E-state index in [1.807, 2.05) is 18.3 Å². The molecule has 78 valence electrons. The molecule has 0 aliphatic heterocycles. The fraction of sp³-hybridized carbons (Fsp3) is 0.583. The van der Waals surface area contributed by atoms with Gasteiger partial charge in [-0.2, -0.15) is 0 Å². The molecule has 0 aromatic carbocycles. The van der Waals surface area contributed by atoms with Crippen molar-refractivity contribution in [3.8, 4) is 0 Å². The molecule has 0 amide bonds. The summed E-state index contributed by atoms with van der Waals surface area (Å²) in [6.45, 7) is 4.11. The fourth-order valence-electron chi connectivity index (χ4n) is 1.38. The van der Waals surface area contributed by atoms with E-state index in [4.69, 9.17) is 0 Å². The Kier molecular flexibility index (Phi) is 4.88. The third-order valence-electron chi connectivity index (χ3n) is 2.34. The predicted molar refractivity (Wildman–Crippen MR) is 61.9 cm³/mol. The van der Waals surface area contributed by atoms with E-state index in [0.717, 1.165) is 25.7 Å². The summed E-state index contributed by atoms with van der Waals surface area (Å²) in [6.07, 6.45) is 4.63. The van der Waals surface area contributed by atoms with Crippen LogP contribution in [0.5, 0.6) is 0 Å². The minimum Gasteiger partial charge on any atom is -0.300 e. The van der Waals surface area contributed by atoms with Crippen molar-refractivity contribution in [2.45, 2.75) is 46.0 Å². The van der Waals surface area contributed by atoms with E-state index >= 15 is 0 Å². The maximum Gasteiger partial charge on any atom is 0.132 e. The van der Waals surface area contributed by atoms with E-state index in [1.54, 1.807) is 0 Å². The Balaban J connectivity index is 2.27. The number of ketones is 1. The largest absolute Gasteiger partial charge is 0.300 e. The van der Waals surface area contributed by atoms with Crippen LogP contribution in [0.3, 0.4) is 0 Å². The summed E-state index contributed by atoms with van der Waals surface area (Å²) >= 11 is 1.88. The van der Waals surface area contributed by atoms with Gasteiger partial charge in [-0.25, -0.2) is 0 Å². The second-order valence-corrected chi connectivity index (χ2v) is 4.72. The van der Waals surface area contributed by atoms with E-state index in [2.05, 4.69) is 19.1 Å². The van der Waals surface area contributed by atoms with Crippen molar-refractivity contribution in [2.24, 2.45) is 0 Å². The van der Waals surface area contributed by atoms with Crippen molar-refractivity contribution < 1.29 is 4.79 Å². The number of Topliss-reactive ketones (excluding diaryl/α,β-unsaturated/α-hetero) is 1. The third-order valence-corrected chi connectivity index (χ3v) is 3.63. The molecule has 0 saturated carbocycles. The summed E-state index contributed by atoms with van der Waals surface area (Å²) in [5, 5.41) is 0. The van der Waals surface area contributed by atoms with Gasteiger partial charge in [-0.05, 0) is 31.4 Å². The minimum absolute atomic E-state index is 0.386. The molecule has 1 heterocycles. The van der Waals surface area contributed by atoms with Crippen molar-refractivity contribution in [2.75, 3.05) is 0 Å². The van der Waals surface area contributed by atoms with Gasteiger partial charge in [0.25, 0.3) is 0 Å². The van der Waals surface area contributed by atoms with Crippen LogP contribution in [0.25, 0.3) is 0 Å². The van der Waals surface area contributed by atoms with Gasteiger partial charge in [-0.3, -0.25) is 4.79 Å². The molecule has 1 rings (SSSR count). The zero-order chi connectivity index (χ0) is 10.4. The molecule has 0 saturated heterocycles. The number of thiophene rings is 1. The van der Waals surface area contributed by atoms with Gasteiger partial charge in [0, 0.05) is 22.6 Å². The molecule has 0 bridgehead atoms. The molecule has 0 fully saturated rings. The van der Waals surface area contributed by atoms with Crippen LogP contribution in [0, 0.1) is 0 Å². The van der Waals surface area contributed by atoms with Crippen LogP contribution in [0.1, 0.15) is 42.9 Å². The Morgan fingerprint density at radius 3 is 2.57 bits per heavy atom. The highest BCUT2D eigenvalue weighted by Crippen LogP contribution is 2.18. The molecule has 1 nitrogen and oxygen atoms in total. The molecule has 0 spiro atoms. The molecule has 0 radical (unpaired) electrons.